The summed E-state index contributed by atoms with van der Waals surface area (Å²) in [6.45, 7) is 3.81. The van der Waals surface area contributed by atoms with E-state index in [9.17, 15) is 19.5 Å². The largest absolute Gasteiger partial charge is 0.489 e. The van der Waals surface area contributed by atoms with Crippen LogP contribution >= 0.6 is 0 Å². The molecule has 0 spiro atoms. The predicted molar refractivity (Wildman–Crippen MR) is 145 cm³/mol. The molecule has 3 atom stereocenters. The van der Waals surface area contributed by atoms with Crippen molar-refractivity contribution >= 4 is 17.7 Å². The second-order valence-corrected chi connectivity index (χ2v) is 11.6. The van der Waals surface area contributed by atoms with Gasteiger partial charge in [-0.05, 0) is 69.4 Å². The summed E-state index contributed by atoms with van der Waals surface area (Å²) in [6, 6.07) is 4.62. The minimum Gasteiger partial charge on any atom is -0.489 e. The molecule has 1 fully saturated rings. The van der Waals surface area contributed by atoms with Crippen LogP contribution in [0.4, 0.5) is 0 Å². The molecule has 9 heteroatoms. The molecule has 0 saturated heterocycles. The number of likely N-dealkylation sites (N-methyl/N-ethyl adjacent to an activating group) is 1. The first-order valence-electron chi connectivity index (χ1n) is 14.2. The first kappa shape index (κ1) is 28.4. The van der Waals surface area contributed by atoms with Gasteiger partial charge in [0, 0.05) is 20.1 Å². The van der Waals surface area contributed by atoms with Crippen LogP contribution in [0.25, 0.3) is 0 Å². The van der Waals surface area contributed by atoms with Gasteiger partial charge in [0.15, 0.2) is 0 Å². The molecule has 2 aliphatic heterocycles. The number of aliphatic hydroxyl groups is 1. The number of nitrogens with zero attached hydrogens (tertiary/aromatic N) is 1. The summed E-state index contributed by atoms with van der Waals surface area (Å²) in [5.41, 5.74) is 0.825. The number of nitrogens with one attached hydrogen (secondary N) is 3. The SMILES string of the molecule is CN1C(=O)C(C2CCCCC2)NCC2CCc3cccc(c3O2)CCCNC(=O)CNC(=O)C1C(C)(C)O. The predicted octanol–water partition coefficient (Wildman–Crippen LogP) is 1.70. The number of aryl methyl sites for hydroxylation is 2. The third-order valence-corrected chi connectivity index (χ3v) is 8.17. The van der Waals surface area contributed by atoms with Gasteiger partial charge in [0.25, 0.3) is 0 Å². The van der Waals surface area contributed by atoms with E-state index < -0.39 is 23.6 Å². The fraction of sp³-hybridized carbons (Fsp3) is 0.690. The molecule has 38 heavy (non-hydrogen) atoms. The number of ether oxygens (including phenoxy) is 1. The van der Waals surface area contributed by atoms with Crippen molar-refractivity contribution in [2.24, 2.45) is 5.92 Å². The Morgan fingerprint density at radius 2 is 1.68 bits per heavy atom. The van der Waals surface area contributed by atoms with Gasteiger partial charge in [-0.2, -0.15) is 0 Å². The molecule has 1 aliphatic carbocycles. The van der Waals surface area contributed by atoms with Crippen LogP contribution in [0.5, 0.6) is 5.75 Å². The van der Waals surface area contributed by atoms with E-state index in [2.05, 4.69) is 34.1 Å². The number of benzene rings is 1. The molecule has 1 aromatic carbocycles. The van der Waals surface area contributed by atoms with E-state index in [0.717, 1.165) is 69.1 Å². The summed E-state index contributed by atoms with van der Waals surface area (Å²) in [4.78, 5) is 40.9. The molecule has 0 aromatic heterocycles. The van der Waals surface area contributed by atoms with Crippen LogP contribution < -0.4 is 20.7 Å². The quantitative estimate of drug-likeness (QED) is 0.464. The van der Waals surface area contributed by atoms with Crippen LogP contribution in [-0.4, -0.2) is 78.2 Å². The number of rotatable bonds is 2. The van der Waals surface area contributed by atoms with Crippen LogP contribution in [0.3, 0.4) is 0 Å². The second kappa shape index (κ2) is 12.5. The fourth-order valence-electron chi connectivity index (χ4n) is 6.20. The molecule has 0 radical (unpaired) electrons. The van der Waals surface area contributed by atoms with Gasteiger partial charge >= 0.3 is 0 Å². The highest BCUT2D eigenvalue weighted by molar-refractivity contribution is 5.92. The maximum Gasteiger partial charge on any atom is 0.246 e. The minimum atomic E-state index is -1.50. The van der Waals surface area contributed by atoms with Crippen molar-refractivity contribution in [3.63, 3.8) is 0 Å². The normalized spacial score (nSPS) is 27.0. The number of amides is 3. The average Bonchev–Trinajstić information content (AvgIpc) is 2.89. The first-order valence-corrected chi connectivity index (χ1v) is 14.2. The summed E-state index contributed by atoms with van der Waals surface area (Å²) in [5.74, 6) is -0.00106. The van der Waals surface area contributed by atoms with E-state index in [1.54, 1.807) is 7.05 Å². The van der Waals surface area contributed by atoms with Crippen molar-refractivity contribution in [2.45, 2.75) is 95.4 Å². The molecule has 3 aliphatic rings. The Morgan fingerprint density at radius 1 is 0.974 bits per heavy atom. The van der Waals surface area contributed by atoms with Gasteiger partial charge in [-0.15, -0.1) is 0 Å². The molecule has 1 saturated carbocycles. The molecule has 2 heterocycles. The molecule has 3 amide bonds. The van der Waals surface area contributed by atoms with E-state index in [1.807, 2.05) is 0 Å². The molecule has 4 N–H and O–H groups in total. The highest BCUT2D eigenvalue weighted by Gasteiger charge is 2.42. The Hall–Kier alpha value is -2.65. The molecule has 210 valence electrons. The molecule has 4 rings (SSSR count). The third-order valence-electron chi connectivity index (χ3n) is 8.17. The van der Waals surface area contributed by atoms with Gasteiger partial charge in [0.1, 0.15) is 17.9 Å². The van der Waals surface area contributed by atoms with Crippen molar-refractivity contribution in [1.82, 2.24) is 20.9 Å². The number of carbonyl (C=O) groups excluding carboxylic acids is 3. The lowest BCUT2D eigenvalue weighted by molar-refractivity contribution is -0.150. The number of hydrogen-bond donors (Lipinski definition) is 4. The van der Waals surface area contributed by atoms with E-state index >= 15 is 0 Å². The van der Waals surface area contributed by atoms with Gasteiger partial charge in [-0.25, -0.2) is 0 Å². The number of carbonyl (C=O) groups is 3. The van der Waals surface area contributed by atoms with Crippen LogP contribution in [0.15, 0.2) is 18.2 Å². The lowest BCUT2D eigenvalue weighted by Crippen LogP contribution is -2.63. The minimum absolute atomic E-state index is 0.0696. The Kier molecular flexibility index (Phi) is 9.31. The zero-order valence-electron chi connectivity index (χ0n) is 23.1. The van der Waals surface area contributed by atoms with Crippen LogP contribution in [0.2, 0.25) is 0 Å². The van der Waals surface area contributed by atoms with Crippen molar-refractivity contribution in [1.29, 1.82) is 0 Å². The summed E-state index contributed by atoms with van der Waals surface area (Å²) < 4.78 is 6.49. The van der Waals surface area contributed by atoms with Crippen molar-refractivity contribution in [3.8, 4) is 5.75 Å². The zero-order valence-corrected chi connectivity index (χ0v) is 23.1. The highest BCUT2D eigenvalue weighted by atomic mass is 16.5. The smallest absolute Gasteiger partial charge is 0.246 e. The van der Waals surface area contributed by atoms with Gasteiger partial charge in [-0.3, -0.25) is 14.4 Å². The molecule has 3 unspecified atom stereocenters. The van der Waals surface area contributed by atoms with Crippen LogP contribution in [0.1, 0.15) is 69.9 Å². The number of fused-ring (bicyclic) bond motifs is 1. The van der Waals surface area contributed by atoms with E-state index in [-0.39, 0.29) is 30.4 Å². The monoisotopic (exact) mass is 528 g/mol. The Bertz CT molecular complexity index is 1000. The molecule has 1 aromatic rings. The van der Waals surface area contributed by atoms with E-state index in [4.69, 9.17) is 4.74 Å². The first-order chi connectivity index (χ1) is 18.1. The van der Waals surface area contributed by atoms with Crippen molar-refractivity contribution < 1.29 is 24.2 Å². The third kappa shape index (κ3) is 6.86. The van der Waals surface area contributed by atoms with Gasteiger partial charge in [-0.1, -0.05) is 37.5 Å². The Labute approximate surface area is 226 Å². The topological polar surface area (TPSA) is 120 Å². The summed E-state index contributed by atoms with van der Waals surface area (Å²) >= 11 is 0. The lowest BCUT2D eigenvalue weighted by Gasteiger charge is -2.40. The van der Waals surface area contributed by atoms with E-state index in [1.165, 1.54) is 24.3 Å². The maximum atomic E-state index is 14.0. The summed E-state index contributed by atoms with van der Waals surface area (Å²) in [5, 5.41) is 19.9. The lowest BCUT2D eigenvalue weighted by atomic mass is 9.82. The van der Waals surface area contributed by atoms with Gasteiger partial charge in [0.05, 0.1) is 18.2 Å². The molecular weight excluding hydrogens is 484 g/mol. The Balaban J connectivity index is 1.62. The van der Waals surface area contributed by atoms with Gasteiger partial charge < -0.3 is 30.7 Å². The number of para-hydroxylation sites is 1. The molecule has 9 nitrogen and oxygen atoms in total. The average molecular weight is 529 g/mol. The zero-order chi connectivity index (χ0) is 27.3. The summed E-state index contributed by atoms with van der Waals surface area (Å²) in [7, 11) is 1.57. The van der Waals surface area contributed by atoms with Gasteiger partial charge in [0.2, 0.25) is 17.7 Å². The maximum absolute atomic E-state index is 14.0. The van der Waals surface area contributed by atoms with Crippen molar-refractivity contribution in [2.75, 3.05) is 26.7 Å². The Morgan fingerprint density at radius 3 is 2.39 bits per heavy atom. The standard InChI is InChI=1S/C29H44N4O5/c1-29(2,37)26-27(35)32-18-23(34)30-16-8-13-20-11-7-12-21-14-15-22(38-25(20)21)17-31-24(28(36)33(26)3)19-9-5-4-6-10-19/h7,11-12,19,22,24,26,31,37H,4-6,8-10,13-18H2,1-3H3,(H,30,34)(H,32,35). The summed E-state index contributed by atoms with van der Waals surface area (Å²) in [6.07, 6.45) is 8.40. The molecular formula is C29H44N4O5. The fourth-order valence-corrected chi connectivity index (χ4v) is 6.20. The number of hydrogen-bond acceptors (Lipinski definition) is 6. The molecule has 2 bridgehead atoms. The van der Waals surface area contributed by atoms with Crippen LogP contribution in [0, 0.1) is 5.92 Å². The van der Waals surface area contributed by atoms with E-state index in [0.29, 0.717) is 13.1 Å². The highest BCUT2D eigenvalue weighted by Crippen LogP contribution is 2.33. The van der Waals surface area contributed by atoms with Crippen LogP contribution in [-0.2, 0) is 27.2 Å². The van der Waals surface area contributed by atoms with Crippen molar-refractivity contribution in [3.05, 3.63) is 29.3 Å². The second-order valence-electron chi connectivity index (χ2n) is 11.6.